The Morgan fingerprint density at radius 3 is 2.52 bits per heavy atom. The molecule has 0 atom stereocenters. The van der Waals surface area contributed by atoms with Crippen LogP contribution in [0.3, 0.4) is 0 Å². The maximum absolute atomic E-state index is 13.5. The highest BCUT2D eigenvalue weighted by Gasteiger charge is 2.16. The highest BCUT2D eigenvalue weighted by atomic mass is 19.1. The summed E-state index contributed by atoms with van der Waals surface area (Å²) in [7, 11) is 1.87. The molecular formula is C13H17F2N3O3. The molecule has 0 saturated heterocycles. The molecule has 3 N–H and O–H groups in total. The number of hydrogen-bond acceptors (Lipinski definition) is 3. The molecule has 8 heteroatoms. The number of likely N-dealkylation sites (N-methyl/N-ethyl adjacent to an activating group) is 1. The highest BCUT2D eigenvalue weighted by molar-refractivity contribution is 5.93. The van der Waals surface area contributed by atoms with Gasteiger partial charge in [0.05, 0.1) is 11.3 Å². The Kier molecular flexibility index (Phi) is 6.04. The van der Waals surface area contributed by atoms with Gasteiger partial charge < -0.3 is 20.6 Å². The molecule has 21 heavy (non-hydrogen) atoms. The molecule has 0 aliphatic carbocycles. The number of carbonyl (C=O) groups excluding carboxylic acids is 1. The normalized spacial score (nSPS) is 10.5. The summed E-state index contributed by atoms with van der Waals surface area (Å²) in [5.74, 6) is -3.78. The molecule has 0 saturated carbocycles. The summed E-state index contributed by atoms with van der Waals surface area (Å²) in [5.41, 5.74) is -1.10. The van der Waals surface area contributed by atoms with Gasteiger partial charge in [0.15, 0.2) is 0 Å². The van der Waals surface area contributed by atoms with Gasteiger partial charge in [-0.2, -0.15) is 0 Å². The summed E-state index contributed by atoms with van der Waals surface area (Å²) in [6, 6.07) is 0.468. The molecular weight excluding hydrogens is 284 g/mol. The average Bonchev–Trinajstić information content (AvgIpc) is 2.41. The number of anilines is 1. The van der Waals surface area contributed by atoms with E-state index in [4.69, 9.17) is 5.11 Å². The van der Waals surface area contributed by atoms with Gasteiger partial charge in [-0.1, -0.05) is 6.92 Å². The van der Waals surface area contributed by atoms with E-state index in [-0.39, 0.29) is 0 Å². The van der Waals surface area contributed by atoms with E-state index < -0.39 is 34.9 Å². The second-order valence-corrected chi connectivity index (χ2v) is 4.39. The molecule has 0 aliphatic heterocycles. The number of urea groups is 1. The summed E-state index contributed by atoms with van der Waals surface area (Å²) < 4.78 is 26.7. The van der Waals surface area contributed by atoms with Gasteiger partial charge in [0, 0.05) is 19.2 Å². The first-order valence-corrected chi connectivity index (χ1v) is 6.30. The number of carbonyl (C=O) groups is 2. The van der Waals surface area contributed by atoms with Gasteiger partial charge in [-0.3, -0.25) is 0 Å². The molecule has 0 fully saturated rings. The molecule has 0 aliphatic rings. The predicted octanol–water partition coefficient (Wildman–Crippen LogP) is 1.74. The summed E-state index contributed by atoms with van der Waals surface area (Å²) in [5, 5.41) is 13.4. The first-order valence-electron chi connectivity index (χ1n) is 6.30. The molecule has 1 aromatic rings. The van der Waals surface area contributed by atoms with Gasteiger partial charge in [0.2, 0.25) is 0 Å². The number of halogens is 2. The van der Waals surface area contributed by atoms with Crippen molar-refractivity contribution in [3.8, 4) is 0 Å². The molecule has 1 aromatic carbocycles. The third-order valence-electron chi connectivity index (χ3n) is 2.85. The van der Waals surface area contributed by atoms with Crippen molar-refractivity contribution in [2.24, 2.45) is 0 Å². The lowest BCUT2D eigenvalue weighted by Gasteiger charge is -2.14. The lowest BCUT2D eigenvalue weighted by molar-refractivity contribution is 0.0692. The van der Waals surface area contributed by atoms with Crippen LogP contribution in [-0.2, 0) is 0 Å². The predicted molar refractivity (Wildman–Crippen MR) is 73.5 cm³/mol. The SMILES string of the molecule is CCN(C)CCNC(=O)Nc1cc(C(=O)O)c(F)cc1F. The number of nitrogens with zero attached hydrogens (tertiary/aromatic N) is 1. The van der Waals surface area contributed by atoms with Crippen molar-refractivity contribution in [2.45, 2.75) is 6.92 Å². The maximum atomic E-state index is 13.5. The molecule has 2 amide bonds. The van der Waals surface area contributed by atoms with E-state index in [1.165, 1.54) is 0 Å². The quantitative estimate of drug-likeness (QED) is 0.747. The van der Waals surface area contributed by atoms with Crippen molar-refractivity contribution >= 4 is 17.7 Å². The van der Waals surface area contributed by atoms with Crippen LogP contribution >= 0.6 is 0 Å². The number of rotatable bonds is 6. The average molecular weight is 301 g/mol. The minimum absolute atomic E-state index is 0.338. The number of hydrogen-bond donors (Lipinski definition) is 3. The Morgan fingerprint density at radius 1 is 1.29 bits per heavy atom. The topological polar surface area (TPSA) is 81.7 Å². The second-order valence-electron chi connectivity index (χ2n) is 4.39. The lowest BCUT2D eigenvalue weighted by Crippen LogP contribution is -2.35. The molecule has 0 unspecified atom stereocenters. The van der Waals surface area contributed by atoms with Crippen LogP contribution in [0.5, 0.6) is 0 Å². The van der Waals surface area contributed by atoms with Crippen molar-refractivity contribution in [3.63, 3.8) is 0 Å². The molecule has 6 nitrogen and oxygen atoms in total. The minimum atomic E-state index is -1.54. The monoisotopic (exact) mass is 301 g/mol. The number of nitrogens with one attached hydrogen (secondary N) is 2. The summed E-state index contributed by atoms with van der Waals surface area (Å²) in [4.78, 5) is 24.3. The Bertz CT molecular complexity index is 538. The van der Waals surface area contributed by atoms with E-state index in [1.54, 1.807) is 0 Å². The molecule has 116 valence electrons. The number of amides is 2. The minimum Gasteiger partial charge on any atom is -0.478 e. The van der Waals surface area contributed by atoms with Gasteiger partial charge >= 0.3 is 12.0 Å². The van der Waals surface area contributed by atoms with Crippen LogP contribution < -0.4 is 10.6 Å². The maximum Gasteiger partial charge on any atom is 0.338 e. The molecule has 0 aromatic heterocycles. The van der Waals surface area contributed by atoms with Crippen molar-refractivity contribution in [3.05, 3.63) is 29.3 Å². The van der Waals surface area contributed by atoms with Crippen molar-refractivity contribution in [2.75, 3.05) is 32.0 Å². The largest absolute Gasteiger partial charge is 0.478 e. The van der Waals surface area contributed by atoms with Gasteiger partial charge in [0.1, 0.15) is 11.6 Å². The van der Waals surface area contributed by atoms with Crippen LogP contribution in [0.1, 0.15) is 17.3 Å². The fraction of sp³-hybridized carbons (Fsp3) is 0.385. The second kappa shape index (κ2) is 7.53. The van der Waals surface area contributed by atoms with Gasteiger partial charge in [0.25, 0.3) is 0 Å². The van der Waals surface area contributed by atoms with Crippen molar-refractivity contribution < 1.29 is 23.5 Å². The van der Waals surface area contributed by atoms with Crippen LogP contribution in [-0.4, -0.2) is 48.7 Å². The van der Waals surface area contributed by atoms with Crippen LogP contribution in [0.4, 0.5) is 19.3 Å². The third-order valence-corrected chi connectivity index (χ3v) is 2.85. The van der Waals surface area contributed by atoms with E-state index in [0.717, 1.165) is 12.6 Å². The van der Waals surface area contributed by atoms with Crippen LogP contribution in [0.15, 0.2) is 12.1 Å². The van der Waals surface area contributed by atoms with E-state index in [9.17, 15) is 18.4 Å². The highest BCUT2D eigenvalue weighted by Crippen LogP contribution is 2.19. The lowest BCUT2D eigenvalue weighted by atomic mass is 10.2. The van der Waals surface area contributed by atoms with E-state index in [0.29, 0.717) is 19.2 Å². The van der Waals surface area contributed by atoms with E-state index in [1.807, 2.05) is 18.9 Å². The van der Waals surface area contributed by atoms with Gasteiger partial charge in [-0.15, -0.1) is 0 Å². The van der Waals surface area contributed by atoms with Gasteiger partial charge in [-0.25, -0.2) is 18.4 Å². The molecule has 1 rings (SSSR count). The number of carboxylic acid groups (broad SMARTS) is 1. The van der Waals surface area contributed by atoms with Crippen molar-refractivity contribution in [1.82, 2.24) is 10.2 Å². The number of benzene rings is 1. The molecule has 0 heterocycles. The number of aromatic carboxylic acids is 1. The summed E-state index contributed by atoms with van der Waals surface area (Å²) in [6.45, 7) is 3.72. The Balaban J connectivity index is 2.68. The van der Waals surface area contributed by atoms with Crippen LogP contribution in [0.2, 0.25) is 0 Å². The Hall–Kier alpha value is -2.22. The Morgan fingerprint density at radius 2 is 1.95 bits per heavy atom. The first-order chi connectivity index (χ1) is 9.85. The smallest absolute Gasteiger partial charge is 0.338 e. The van der Waals surface area contributed by atoms with Crippen molar-refractivity contribution in [1.29, 1.82) is 0 Å². The zero-order chi connectivity index (χ0) is 16.0. The Labute approximate surface area is 120 Å². The third kappa shape index (κ3) is 4.99. The summed E-state index contributed by atoms with van der Waals surface area (Å²) >= 11 is 0. The van der Waals surface area contributed by atoms with Crippen LogP contribution in [0, 0.1) is 11.6 Å². The van der Waals surface area contributed by atoms with E-state index in [2.05, 4.69) is 10.6 Å². The first kappa shape index (κ1) is 16.8. The zero-order valence-electron chi connectivity index (χ0n) is 11.7. The zero-order valence-corrected chi connectivity index (χ0v) is 11.7. The van der Waals surface area contributed by atoms with Gasteiger partial charge in [-0.05, 0) is 19.7 Å². The fourth-order valence-electron chi connectivity index (χ4n) is 1.49. The fourth-order valence-corrected chi connectivity index (χ4v) is 1.49. The summed E-state index contributed by atoms with van der Waals surface area (Å²) in [6.07, 6.45) is 0. The molecule has 0 spiro atoms. The van der Waals surface area contributed by atoms with E-state index >= 15 is 0 Å². The standard InChI is InChI=1S/C13H17F2N3O3/c1-3-18(2)5-4-16-13(21)17-11-6-8(12(19)20)9(14)7-10(11)15/h6-7H,3-5H2,1-2H3,(H,19,20)(H2,16,17,21). The molecule has 0 radical (unpaired) electrons. The van der Waals surface area contributed by atoms with Crippen LogP contribution in [0.25, 0.3) is 0 Å². The molecule has 0 bridgehead atoms. The number of carboxylic acids is 1.